The van der Waals surface area contributed by atoms with E-state index >= 15 is 0 Å². The molecule has 2 aromatic heterocycles. The van der Waals surface area contributed by atoms with Crippen LogP contribution in [0.15, 0.2) is 63.8 Å². The summed E-state index contributed by atoms with van der Waals surface area (Å²) < 4.78 is 41.7. The molecule has 0 saturated carbocycles. The number of aliphatic hydroxyl groups is 1. The maximum atomic E-state index is 13.8. The molecule has 13 heteroatoms. The Morgan fingerprint density at radius 3 is 2.47 bits per heavy atom. The lowest BCUT2D eigenvalue weighted by Crippen LogP contribution is -2.49. The molecule has 4 aromatic rings. The van der Waals surface area contributed by atoms with Crippen LogP contribution in [-0.4, -0.2) is 83.7 Å². The van der Waals surface area contributed by atoms with Gasteiger partial charge in [0.2, 0.25) is 0 Å². The first-order valence-electron chi connectivity index (χ1n) is 16.5. The summed E-state index contributed by atoms with van der Waals surface area (Å²) >= 11 is 0. The van der Waals surface area contributed by atoms with Crippen LogP contribution in [0.25, 0.3) is 22.3 Å². The van der Waals surface area contributed by atoms with Gasteiger partial charge in [-0.2, -0.15) is 4.40 Å². The fourth-order valence-electron chi connectivity index (χ4n) is 7.03. The SMILES string of the molecule is CC[C@@]1(O)C(=O)OCc2c1cc1n(c2=O)Cc2c-1nc1ccccc1c2CN1CCN(/C(Cc2ccc(OC)cc2)=N\S(=O)(=O)CC)CC1. The number of carbonyl (C=O) groups excluding carboxylic acids is 1. The van der Waals surface area contributed by atoms with Crippen molar-refractivity contribution in [3.8, 4) is 17.1 Å². The summed E-state index contributed by atoms with van der Waals surface area (Å²) in [6, 6.07) is 17.2. The third-order valence-corrected chi connectivity index (χ3v) is 11.2. The summed E-state index contributed by atoms with van der Waals surface area (Å²) in [5, 5.41) is 12.3. The lowest BCUT2D eigenvalue weighted by Gasteiger charge is -2.37. The molecular weight excluding hydrogens is 646 g/mol. The van der Waals surface area contributed by atoms with Crippen molar-refractivity contribution >= 4 is 32.7 Å². The van der Waals surface area contributed by atoms with Crippen molar-refractivity contribution in [1.29, 1.82) is 0 Å². The van der Waals surface area contributed by atoms with Crippen LogP contribution in [0, 0.1) is 0 Å². The molecule has 49 heavy (non-hydrogen) atoms. The van der Waals surface area contributed by atoms with E-state index in [0.717, 1.165) is 33.3 Å². The van der Waals surface area contributed by atoms with Crippen LogP contribution in [0.3, 0.4) is 0 Å². The van der Waals surface area contributed by atoms with Gasteiger partial charge in [0.25, 0.3) is 15.6 Å². The van der Waals surface area contributed by atoms with Gasteiger partial charge in [0, 0.05) is 55.7 Å². The summed E-state index contributed by atoms with van der Waals surface area (Å²) in [4.78, 5) is 35.8. The molecule has 256 valence electrons. The van der Waals surface area contributed by atoms with Gasteiger partial charge in [0.15, 0.2) is 5.60 Å². The number of hydrogen-bond acceptors (Lipinski definition) is 9. The number of sulfonamides is 1. The number of fused-ring (bicyclic) bond motifs is 5. The molecule has 1 saturated heterocycles. The Labute approximate surface area is 284 Å². The van der Waals surface area contributed by atoms with Crippen molar-refractivity contribution in [3.05, 3.63) is 92.8 Å². The summed E-state index contributed by atoms with van der Waals surface area (Å²) in [6.07, 6.45) is 0.459. The van der Waals surface area contributed by atoms with Crippen LogP contribution < -0.4 is 10.3 Å². The van der Waals surface area contributed by atoms with E-state index in [9.17, 15) is 23.1 Å². The Bertz CT molecular complexity index is 2160. The molecule has 2 aromatic carbocycles. The lowest BCUT2D eigenvalue weighted by atomic mass is 9.86. The van der Waals surface area contributed by atoms with Gasteiger partial charge in [-0.25, -0.2) is 18.2 Å². The Balaban J connectivity index is 1.19. The molecular formula is C36H39N5O7S. The van der Waals surface area contributed by atoms with Gasteiger partial charge in [-0.1, -0.05) is 37.3 Å². The van der Waals surface area contributed by atoms with Gasteiger partial charge in [-0.15, -0.1) is 0 Å². The molecule has 12 nitrogen and oxygen atoms in total. The minimum atomic E-state index is -3.61. The Hall–Kier alpha value is -4.59. The highest BCUT2D eigenvalue weighted by Gasteiger charge is 2.45. The van der Waals surface area contributed by atoms with Crippen molar-refractivity contribution in [3.63, 3.8) is 0 Å². The lowest BCUT2D eigenvalue weighted by molar-refractivity contribution is -0.172. The number of nitrogens with zero attached hydrogens (tertiary/aromatic N) is 5. The van der Waals surface area contributed by atoms with Crippen LogP contribution in [0.2, 0.25) is 0 Å². The molecule has 1 fully saturated rings. The maximum Gasteiger partial charge on any atom is 0.343 e. The van der Waals surface area contributed by atoms with E-state index in [0.29, 0.717) is 74.0 Å². The molecule has 0 radical (unpaired) electrons. The van der Waals surface area contributed by atoms with Crippen molar-refractivity contribution in [1.82, 2.24) is 19.4 Å². The normalized spacial score (nSPS) is 19.4. The Morgan fingerprint density at radius 2 is 1.78 bits per heavy atom. The topological polar surface area (TPSA) is 144 Å². The van der Waals surface area contributed by atoms with Crippen LogP contribution >= 0.6 is 0 Å². The van der Waals surface area contributed by atoms with Gasteiger partial charge < -0.3 is 24.0 Å². The summed E-state index contributed by atoms with van der Waals surface area (Å²) in [5.41, 5.74) is 3.37. The quantitative estimate of drug-likeness (QED) is 0.147. The van der Waals surface area contributed by atoms with Gasteiger partial charge in [-0.05, 0) is 48.7 Å². The largest absolute Gasteiger partial charge is 0.497 e. The van der Waals surface area contributed by atoms with Crippen molar-refractivity contribution < 1.29 is 27.8 Å². The summed E-state index contributed by atoms with van der Waals surface area (Å²) in [6.45, 7) is 6.55. The molecule has 5 heterocycles. The fraction of sp³-hybridized carbons (Fsp3) is 0.389. The van der Waals surface area contributed by atoms with E-state index in [1.807, 2.05) is 48.5 Å². The predicted octanol–water partition coefficient (Wildman–Crippen LogP) is 3.20. The number of benzene rings is 2. The van der Waals surface area contributed by atoms with Crippen LogP contribution in [-0.2, 0) is 51.3 Å². The van der Waals surface area contributed by atoms with Crippen LogP contribution in [0.5, 0.6) is 5.75 Å². The molecule has 0 aliphatic carbocycles. The van der Waals surface area contributed by atoms with Gasteiger partial charge in [0.1, 0.15) is 18.2 Å². The van der Waals surface area contributed by atoms with E-state index in [2.05, 4.69) is 14.2 Å². The molecule has 0 amide bonds. The smallest absolute Gasteiger partial charge is 0.343 e. The predicted molar refractivity (Wildman–Crippen MR) is 185 cm³/mol. The number of hydrogen-bond donors (Lipinski definition) is 1. The number of cyclic esters (lactones) is 1. The zero-order valence-corrected chi connectivity index (χ0v) is 28.6. The number of esters is 1. The molecule has 0 unspecified atom stereocenters. The summed E-state index contributed by atoms with van der Waals surface area (Å²) in [7, 11) is -2.01. The number of piperazine rings is 1. The molecule has 1 N–H and O–H groups in total. The third-order valence-electron chi connectivity index (χ3n) is 9.96. The van der Waals surface area contributed by atoms with E-state index in [1.54, 1.807) is 31.6 Å². The molecule has 1 atom stereocenters. The number of pyridine rings is 2. The highest BCUT2D eigenvalue weighted by atomic mass is 32.2. The Morgan fingerprint density at radius 1 is 1.04 bits per heavy atom. The highest BCUT2D eigenvalue weighted by Crippen LogP contribution is 2.40. The number of para-hydroxylation sites is 1. The minimum Gasteiger partial charge on any atom is -0.497 e. The van der Waals surface area contributed by atoms with E-state index in [-0.39, 0.29) is 24.3 Å². The first-order chi connectivity index (χ1) is 23.5. The first-order valence-corrected chi connectivity index (χ1v) is 18.2. The summed E-state index contributed by atoms with van der Waals surface area (Å²) in [5.74, 6) is 0.428. The van der Waals surface area contributed by atoms with Gasteiger partial charge in [0.05, 0.1) is 41.9 Å². The number of carbonyl (C=O) groups is 1. The molecule has 0 spiro atoms. The second-order valence-electron chi connectivity index (χ2n) is 12.7. The number of ether oxygens (including phenoxy) is 2. The van der Waals surface area contributed by atoms with Crippen LogP contribution in [0.4, 0.5) is 0 Å². The number of amidine groups is 1. The number of methoxy groups -OCH3 is 1. The molecule has 7 rings (SSSR count). The second kappa shape index (κ2) is 12.7. The standard InChI is InChI=1S/C36H39N5O7S/c1-4-36(44)29-19-31-33-27(21-41(31)34(42)28(29)22-48-35(36)43)26(25-8-6-7-9-30(25)37-33)20-39-14-16-40(17-15-39)32(38-49(45,46)5-2)18-23-10-12-24(47-3)13-11-23/h6-13,19,44H,4-5,14-18,20-22H2,1-3H3/b38-32-/t36-/m0/s1. The number of rotatable bonds is 8. The fourth-order valence-corrected chi connectivity index (χ4v) is 7.66. The average Bonchev–Trinajstić information content (AvgIpc) is 3.49. The number of aromatic nitrogens is 2. The van der Waals surface area contributed by atoms with Crippen LogP contribution in [0.1, 0.15) is 48.1 Å². The van der Waals surface area contributed by atoms with Gasteiger partial charge >= 0.3 is 5.97 Å². The van der Waals surface area contributed by atoms with E-state index in [1.165, 1.54) is 0 Å². The zero-order valence-electron chi connectivity index (χ0n) is 27.8. The van der Waals surface area contributed by atoms with E-state index in [4.69, 9.17) is 14.5 Å². The van der Waals surface area contributed by atoms with Gasteiger partial charge in [-0.3, -0.25) is 9.69 Å². The van der Waals surface area contributed by atoms with Crippen molar-refractivity contribution in [2.24, 2.45) is 4.40 Å². The maximum absolute atomic E-state index is 13.8. The third kappa shape index (κ3) is 5.89. The average molecular weight is 686 g/mol. The molecule has 0 bridgehead atoms. The molecule has 3 aliphatic rings. The minimum absolute atomic E-state index is 0.0746. The monoisotopic (exact) mass is 685 g/mol. The van der Waals surface area contributed by atoms with E-state index < -0.39 is 21.6 Å². The second-order valence-corrected chi connectivity index (χ2v) is 14.6. The van der Waals surface area contributed by atoms with Crippen molar-refractivity contribution in [2.45, 2.75) is 52.0 Å². The highest BCUT2D eigenvalue weighted by molar-refractivity contribution is 7.90. The molecule has 3 aliphatic heterocycles. The first kappa shape index (κ1) is 32.9. The Kier molecular flexibility index (Phi) is 8.54. The zero-order chi connectivity index (χ0) is 34.5. The van der Waals surface area contributed by atoms with Crippen molar-refractivity contribution in [2.75, 3.05) is 39.0 Å².